The Hall–Kier alpha value is -1.29. The Kier molecular flexibility index (Phi) is 7.83. The number of aromatic nitrogens is 1. The average Bonchev–Trinajstić information content (AvgIpc) is 2.52. The molecule has 0 aliphatic heterocycles. The highest BCUT2D eigenvalue weighted by molar-refractivity contribution is 6.42. The van der Waals surface area contributed by atoms with Gasteiger partial charge in [0.1, 0.15) is 5.56 Å². The van der Waals surface area contributed by atoms with Gasteiger partial charge in [0.2, 0.25) is 0 Å². The zero-order valence-corrected chi connectivity index (χ0v) is 15.5. The lowest BCUT2D eigenvalue weighted by Gasteiger charge is -2.17. The summed E-state index contributed by atoms with van der Waals surface area (Å²) in [6, 6.07) is 9.28. The van der Waals surface area contributed by atoms with Crippen LogP contribution in [0.3, 0.4) is 0 Å². The maximum atomic E-state index is 12.4. The Morgan fingerprint density at radius 1 is 1.13 bits per heavy atom. The number of hydrogen-bond acceptors (Lipinski definition) is 1. The van der Waals surface area contributed by atoms with Gasteiger partial charge < -0.3 is 4.90 Å². The molecule has 0 atom stereocenters. The van der Waals surface area contributed by atoms with Crippen molar-refractivity contribution in [3.63, 3.8) is 0 Å². The fraction of sp³-hybridized carbons (Fsp3) is 0.294. The molecule has 124 valence electrons. The minimum Gasteiger partial charge on any atom is -0.339 e. The lowest BCUT2D eigenvalue weighted by Crippen LogP contribution is -2.37. The second kappa shape index (κ2) is 9.11. The van der Waals surface area contributed by atoms with Crippen LogP contribution in [0.2, 0.25) is 10.0 Å². The van der Waals surface area contributed by atoms with Gasteiger partial charge in [0.05, 0.1) is 10.0 Å². The van der Waals surface area contributed by atoms with E-state index in [0.717, 1.165) is 5.56 Å². The number of benzene rings is 1. The van der Waals surface area contributed by atoms with Gasteiger partial charge in [-0.2, -0.15) is 4.57 Å². The van der Waals surface area contributed by atoms with Crippen LogP contribution in [-0.4, -0.2) is 23.9 Å². The van der Waals surface area contributed by atoms with Crippen molar-refractivity contribution in [2.45, 2.75) is 20.4 Å². The molecule has 6 heteroatoms. The Labute approximate surface area is 153 Å². The van der Waals surface area contributed by atoms with Gasteiger partial charge in [-0.3, -0.25) is 4.79 Å². The van der Waals surface area contributed by atoms with Crippen LogP contribution in [0.4, 0.5) is 0 Å². The summed E-state index contributed by atoms with van der Waals surface area (Å²) in [6.07, 6.45) is 3.80. The average molecular weight is 375 g/mol. The van der Waals surface area contributed by atoms with Crippen LogP contribution in [0.15, 0.2) is 42.7 Å². The van der Waals surface area contributed by atoms with E-state index in [0.29, 0.717) is 35.2 Å². The van der Waals surface area contributed by atoms with Crippen molar-refractivity contribution in [3.8, 4) is 0 Å². The fourth-order valence-corrected chi connectivity index (χ4v) is 2.61. The molecule has 0 fully saturated rings. The van der Waals surface area contributed by atoms with Gasteiger partial charge in [-0.05, 0) is 32.0 Å². The smallest absolute Gasteiger partial charge is 0.259 e. The predicted molar refractivity (Wildman–Crippen MR) is 96.7 cm³/mol. The first kappa shape index (κ1) is 19.8. The third kappa shape index (κ3) is 5.10. The van der Waals surface area contributed by atoms with Crippen LogP contribution in [0.5, 0.6) is 0 Å². The standard InChI is InChI=1S/C17H19Cl2N2O.ClH/c1-3-21(4-2)17(22)14-6-5-9-20(12-14)11-13-7-8-15(18)16(19)10-13;/h5-10,12H,3-4,11H2,1-2H3;1H/q+1;. The SMILES string of the molecule is CCN(CC)C(=O)c1ccc[n+](Cc2ccc(Cl)c(Cl)c2)c1.Cl. The first-order chi connectivity index (χ1) is 10.5. The van der Waals surface area contributed by atoms with E-state index >= 15 is 0 Å². The molecule has 0 radical (unpaired) electrons. The number of rotatable bonds is 5. The van der Waals surface area contributed by atoms with Crippen molar-refractivity contribution in [2.75, 3.05) is 13.1 Å². The lowest BCUT2D eigenvalue weighted by atomic mass is 10.2. The van der Waals surface area contributed by atoms with E-state index in [2.05, 4.69) is 0 Å². The molecule has 0 unspecified atom stereocenters. The largest absolute Gasteiger partial charge is 0.339 e. The van der Waals surface area contributed by atoms with E-state index in [9.17, 15) is 4.79 Å². The zero-order valence-electron chi connectivity index (χ0n) is 13.1. The molecule has 0 N–H and O–H groups in total. The van der Waals surface area contributed by atoms with E-state index < -0.39 is 0 Å². The number of carbonyl (C=O) groups is 1. The van der Waals surface area contributed by atoms with Crippen LogP contribution in [0, 0.1) is 0 Å². The highest BCUT2D eigenvalue weighted by Crippen LogP contribution is 2.22. The normalized spacial score (nSPS) is 10.1. The van der Waals surface area contributed by atoms with Gasteiger partial charge in [0.25, 0.3) is 5.91 Å². The topological polar surface area (TPSA) is 24.2 Å². The molecular weight excluding hydrogens is 355 g/mol. The summed E-state index contributed by atoms with van der Waals surface area (Å²) < 4.78 is 1.97. The quantitative estimate of drug-likeness (QED) is 0.719. The highest BCUT2D eigenvalue weighted by atomic mass is 35.5. The van der Waals surface area contributed by atoms with Crippen LogP contribution in [0.1, 0.15) is 29.8 Å². The summed E-state index contributed by atoms with van der Waals surface area (Å²) in [4.78, 5) is 14.2. The number of amides is 1. The fourth-order valence-electron chi connectivity index (χ4n) is 2.29. The van der Waals surface area contributed by atoms with E-state index in [1.54, 1.807) is 11.0 Å². The maximum absolute atomic E-state index is 12.4. The molecule has 23 heavy (non-hydrogen) atoms. The van der Waals surface area contributed by atoms with Gasteiger partial charge in [-0.1, -0.05) is 29.3 Å². The molecule has 0 saturated heterocycles. The van der Waals surface area contributed by atoms with Gasteiger partial charge >= 0.3 is 0 Å². The molecule has 2 aromatic rings. The second-order valence-electron chi connectivity index (χ2n) is 4.99. The predicted octanol–water partition coefficient (Wildman–Crippen LogP) is 4.23. The zero-order chi connectivity index (χ0) is 16.1. The maximum Gasteiger partial charge on any atom is 0.259 e. The molecule has 3 nitrogen and oxygen atoms in total. The van der Waals surface area contributed by atoms with E-state index in [1.165, 1.54) is 0 Å². The van der Waals surface area contributed by atoms with Crippen molar-refractivity contribution in [2.24, 2.45) is 0 Å². The van der Waals surface area contributed by atoms with Gasteiger partial charge in [0.15, 0.2) is 18.9 Å². The van der Waals surface area contributed by atoms with Crippen molar-refractivity contribution in [1.82, 2.24) is 4.90 Å². The monoisotopic (exact) mass is 373 g/mol. The van der Waals surface area contributed by atoms with Crippen molar-refractivity contribution < 1.29 is 9.36 Å². The molecule has 0 bridgehead atoms. The minimum absolute atomic E-state index is 0. The Morgan fingerprint density at radius 3 is 2.43 bits per heavy atom. The molecule has 1 aromatic carbocycles. The molecule has 0 saturated carbocycles. The molecule has 0 spiro atoms. The lowest BCUT2D eigenvalue weighted by molar-refractivity contribution is -0.688. The van der Waals surface area contributed by atoms with E-state index in [4.69, 9.17) is 23.2 Å². The van der Waals surface area contributed by atoms with Crippen molar-refractivity contribution in [3.05, 3.63) is 63.9 Å². The molecule has 1 aromatic heterocycles. The van der Waals surface area contributed by atoms with Crippen LogP contribution in [-0.2, 0) is 6.54 Å². The second-order valence-corrected chi connectivity index (χ2v) is 5.81. The number of nitrogens with zero attached hydrogens (tertiary/aromatic N) is 2. The van der Waals surface area contributed by atoms with Crippen molar-refractivity contribution >= 4 is 41.5 Å². The minimum atomic E-state index is 0. The van der Waals surface area contributed by atoms with Gasteiger partial charge in [-0.25, -0.2) is 0 Å². The summed E-state index contributed by atoms with van der Waals surface area (Å²) >= 11 is 12.0. The Morgan fingerprint density at radius 2 is 1.83 bits per heavy atom. The molecule has 1 heterocycles. The molecule has 0 aliphatic carbocycles. The number of halogens is 3. The molecular formula is C17H20Cl3N2O+. The van der Waals surface area contributed by atoms with Crippen LogP contribution in [0.25, 0.3) is 0 Å². The van der Waals surface area contributed by atoms with E-state index in [-0.39, 0.29) is 18.3 Å². The molecule has 0 aliphatic rings. The third-order valence-electron chi connectivity index (χ3n) is 3.50. The summed E-state index contributed by atoms with van der Waals surface area (Å²) in [5.41, 5.74) is 1.72. The number of pyridine rings is 1. The highest BCUT2D eigenvalue weighted by Gasteiger charge is 2.16. The summed E-state index contributed by atoms with van der Waals surface area (Å²) in [5, 5.41) is 1.08. The van der Waals surface area contributed by atoms with E-state index in [1.807, 2.05) is 55.1 Å². The summed E-state index contributed by atoms with van der Waals surface area (Å²) in [5.74, 6) is 0.0495. The van der Waals surface area contributed by atoms with Gasteiger partial charge in [-0.15, -0.1) is 12.4 Å². The third-order valence-corrected chi connectivity index (χ3v) is 4.24. The Bertz CT molecular complexity index is 673. The summed E-state index contributed by atoms with van der Waals surface area (Å²) in [6.45, 7) is 6.01. The summed E-state index contributed by atoms with van der Waals surface area (Å²) in [7, 11) is 0. The molecule has 1 amide bonds. The van der Waals surface area contributed by atoms with Crippen LogP contribution < -0.4 is 4.57 Å². The Balaban J connectivity index is 0.00000264. The van der Waals surface area contributed by atoms with Crippen LogP contribution >= 0.6 is 35.6 Å². The first-order valence-corrected chi connectivity index (χ1v) is 8.03. The number of hydrogen-bond donors (Lipinski definition) is 0. The van der Waals surface area contributed by atoms with Crippen molar-refractivity contribution in [1.29, 1.82) is 0 Å². The van der Waals surface area contributed by atoms with Gasteiger partial charge in [0, 0.05) is 24.7 Å². The molecule has 2 rings (SSSR count). The first-order valence-electron chi connectivity index (χ1n) is 7.27. The number of carbonyl (C=O) groups excluding carboxylic acids is 1.